The highest BCUT2D eigenvalue weighted by Gasteiger charge is 2.13. The lowest BCUT2D eigenvalue weighted by Crippen LogP contribution is -2.02. The van der Waals surface area contributed by atoms with Gasteiger partial charge in [-0.3, -0.25) is 0 Å². The number of aryl methyl sites for hydroxylation is 1. The molecule has 0 aliphatic rings. The summed E-state index contributed by atoms with van der Waals surface area (Å²) in [5.74, 6) is 1.41. The van der Waals surface area contributed by atoms with Crippen molar-refractivity contribution >= 4 is 23.4 Å². The van der Waals surface area contributed by atoms with Crippen LogP contribution in [0.3, 0.4) is 0 Å². The van der Waals surface area contributed by atoms with Crippen LogP contribution in [-0.4, -0.2) is 32.3 Å². The predicted molar refractivity (Wildman–Crippen MR) is 89.3 cm³/mol. The molecule has 0 bridgehead atoms. The van der Waals surface area contributed by atoms with Crippen molar-refractivity contribution in [2.24, 2.45) is 0 Å². The fourth-order valence-corrected chi connectivity index (χ4v) is 2.96. The number of nitrogens with zero attached hydrogens (tertiary/aromatic N) is 5. The lowest BCUT2D eigenvalue weighted by Gasteiger charge is -2.10. The van der Waals surface area contributed by atoms with E-state index in [1.807, 2.05) is 31.2 Å². The summed E-state index contributed by atoms with van der Waals surface area (Å²) in [5, 5.41) is 13.1. The molecular weight excluding hydrogens is 334 g/mol. The van der Waals surface area contributed by atoms with Gasteiger partial charge in [0, 0.05) is 11.9 Å². The van der Waals surface area contributed by atoms with Gasteiger partial charge in [-0.05, 0) is 46.7 Å². The molecular formula is C15H14ClN5OS. The van der Waals surface area contributed by atoms with E-state index in [-0.39, 0.29) is 0 Å². The van der Waals surface area contributed by atoms with E-state index in [0.717, 1.165) is 22.6 Å². The third-order valence-electron chi connectivity index (χ3n) is 3.16. The summed E-state index contributed by atoms with van der Waals surface area (Å²) in [6, 6.07) is 9.58. The fourth-order valence-electron chi connectivity index (χ4n) is 2.03. The van der Waals surface area contributed by atoms with Gasteiger partial charge in [0.1, 0.15) is 16.6 Å². The van der Waals surface area contributed by atoms with Crippen molar-refractivity contribution in [2.75, 3.05) is 7.11 Å². The molecule has 0 saturated heterocycles. The van der Waals surface area contributed by atoms with Crippen molar-refractivity contribution in [2.45, 2.75) is 17.8 Å². The SMILES string of the molecule is COc1ccc(C)cc1-n1nnnc1SCc1ccc(Cl)nc1. The molecule has 0 aliphatic heterocycles. The van der Waals surface area contributed by atoms with Gasteiger partial charge in [0.15, 0.2) is 0 Å². The van der Waals surface area contributed by atoms with E-state index >= 15 is 0 Å². The number of pyridine rings is 1. The molecule has 0 N–H and O–H groups in total. The third kappa shape index (κ3) is 3.62. The molecule has 0 amide bonds. The quantitative estimate of drug-likeness (QED) is 0.521. The van der Waals surface area contributed by atoms with Gasteiger partial charge >= 0.3 is 0 Å². The van der Waals surface area contributed by atoms with E-state index in [2.05, 4.69) is 20.5 Å². The van der Waals surface area contributed by atoms with Crippen LogP contribution in [0.15, 0.2) is 41.7 Å². The molecule has 1 aromatic carbocycles. The van der Waals surface area contributed by atoms with Gasteiger partial charge in [0.2, 0.25) is 5.16 Å². The average molecular weight is 348 g/mol. The smallest absolute Gasteiger partial charge is 0.214 e. The monoisotopic (exact) mass is 347 g/mol. The first-order chi connectivity index (χ1) is 11.2. The van der Waals surface area contributed by atoms with Gasteiger partial charge in [-0.2, -0.15) is 4.68 Å². The Kier molecular flexibility index (Phi) is 4.78. The fraction of sp³-hybridized carbons (Fsp3) is 0.200. The van der Waals surface area contributed by atoms with E-state index < -0.39 is 0 Å². The van der Waals surface area contributed by atoms with Gasteiger partial charge in [-0.15, -0.1) is 5.10 Å². The number of hydrogen-bond donors (Lipinski definition) is 0. The molecule has 2 heterocycles. The largest absolute Gasteiger partial charge is 0.494 e. The van der Waals surface area contributed by atoms with E-state index in [9.17, 15) is 0 Å². The van der Waals surface area contributed by atoms with Crippen LogP contribution in [0.2, 0.25) is 5.15 Å². The maximum atomic E-state index is 5.80. The summed E-state index contributed by atoms with van der Waals surface area (Å²) in [7, 11) is 1.63. The van der Waals surface area contributed by atoms with Crippen molar-refractivity contribution in [1.82, 2.24) is 25.2 Å². The first-order valence-electron chi connectivity index (χ1n) is 6.84. The standard InChI is InChI=1S/C15H14ClN5OS/c1-10-3-5-13(22-2)12(7-10)21-15(18-19-20-21)23-9-11-4-6-14(16)17-8-11/h3-8H,9H2,1-2H3. The van der Waals surface area contributed by atoms with Crippen LogP contribution in [0.1, 0.15) is 11.1 Å². The first-order valence-corrected chi connectivity index (χ1v) is 8.20. The zero-order valence-electron chi connectivity index (χ0n) is 12.6. The lowest BCUT2D eigenvalue weighted by molar-refractivity contribution is 0.410. The normalized spacial score (nSPS) is 10.7. The molecule has 23 heavy (non-hydrogen) atoms. The Morgan fingerprint density at radius 1 is 1.26 bits per heavy atom. The number of tetrazole rings is 1. The van der Waals surface area contributed by atoms with Gasteiger partial charge < -0.3 is 4.74 Å². The molecule has 3 aromatic rings. The zero-order valence-corrected chi connectivity index (χ0v) is 14.2. The van der Waals surface area contributed by atoms with Crippen LogP contribution in [-0.2, 0) is 5.75 Å². The average Bonchev–Trinajstić information content (AvgIpc) is 3.02. The summed E-state index contributed by atoms with van der Waals surface area (Å²) in [4.78, 5) is 4.07. The maximum absolute atomic E-state index is 5.80. The summed E-state index contributed by atoms with van der Waals surface area (Å²) in [6.07, 6.45) is 1.75. The number of halogens is 1. The van der Waals surface area contributed by atoms with Crippen LogP contribution >= 0.6 is 23.4 Å². The van der Waals surface area contributed by atoms with Gasteiger partial charge in [0.25, 0.3) is 0 Å². The Labute approximate surface area is 142 Å². The Morgan fingerprint density at radius 2 is 2.13 bits per heavy atom. The van der Waals surface area contributed by atoms with Crippen LogP contribution in [0, 0.1) is 6.92 Å². The Balaban J connectivity index is 1.85. The summed E-state index contributed by atoms with van der Waals surface area (Å²) < 4.78 is 7.09. The van der Waals surface area contributed by atoms with Crippen molar-refractivity contribution in [3.05, 3.63) is 52.8 Å². The molecule has 0 radical (unpaired) electrons. The van der Waals surface area contributed by atoms with Crippen molar-refractivity contribution in [1.29, 1.82) is 0 Å². The second-order valence-corrected chi connectivity index (χ2v) is 6.16. The van der Waals surface area contributed by atoms with Crippen LogP contribution < -0.4 is 4.74 Å². The number of aromatic nitrogens is 5. The number of rotatable bonds is 5. The van der Waals surface area contributed by atoms with Crippen molar-refractivity contribution < 1.29 is 4.74 Å². The third-order valence-corrected chi connectivity index (χ3v) is 4.37. The number of thioether (sulfide) groups is 1. The second-order valence-electron chi connectivity index (χ2n) is 4.83. The van der Waals surface area contributed by atoms with Gasteiger partial charge in [-0.25, -0.2) is 4.98 Å². The molecule has 8 heteroatoms. The van der Waals surface area contributed by atoms with Crippen LogP contribution in [0.4, 0.5) is 0 Å². The van der Waals surface area contributed by atoms with Crippen LogP contribution in [0.25, 0.3) is 5.69 Å². The minimum Gasteiger partial charge on any atom is -0.494 e. The molecule has 0 spiro atoms. The molecule has 6 nitrogen and oxygen atoms in total. The molecule has 3 rings (SSSR count). The lowest BCUT2D eigenvalue weighted by atomic mass is 10.2. The Hall–Kier alpha value is -2.12. The van der Waals surface area contributed by atoms with Gasteiger partial charge in [-0.1, -0.05) is 35.5 Å². The highest BCUT2D eigenvalue weighted by atomic mass is 35.5. The van der Waals surface area contributed by atoms with E-state index in [0.29, 0.717) is 16.1 Å². The molecule has 2 aromatic heterocycles. The Morgan fingerprint density at radius 3 is 2.87 bits per heavy atom. The number of ether oxygens (including phenoxy) is 1. The number of hydrogen-bond acceptors (Lipinski definition) is 6. The van der Waals surface area contributed by atoms with Crippen molar-refractivity contribution in [3.63, 3.8) is 0 Å². The van der Waals surface area contributed by atoms with E-state index in [1.165, 1.54) is 11.8 Å². The molecule has 0 fully saturated rings. The second kappa shape index (κ2) is 6.97. The number of methoxy groups -OCH3 is 1. The maximum Gasteiger partial charge on any atom is 0.214 e. The zero-order chi connectivity index (χ0) is 16.2. The molecule has 0 unspecified atom stereocenters. The molecule has 0 atom stereocenters. The molecule has 0 aliphatic carbocycles. The summed E-state index contributed by atoms with van der Waals surface area (Å²) >= 11 is 7.32. The van der Waals surface area contributed by atoms with Crippen molar-refractivity contribution in [3.8, 4) is 11.4 Å². The highest BCUT2D eigenvalue weighted by Crippen LogP contribution is 2.28. The topological polar surface area (TPSA) is 65.7 Å². The minimum absolute atomic E-state index is 0.480. The predicted octanol–water partition coefficient (Wildman–Crippen LogP) is 3.32. The minimum atomic E-state index is 0.480. The van der Waals surface area contributed by atoms with E-state index in [4.69, 9.17) is 16.3 Å². The molecule has 118 valence electrons. The Bertz CT molecular complexity index is 806. The van der Waals surface area contributed by atoms with E-state index in [1.54, 1.807) is 24.1 Å². The first kappa shape index (κ1) is 15.8. The molecule has 0 saturated carbocycles. The summed E-state index contributed by atoms with van der Waals surface area (Å²) in [5.41, 5.74) is 2.97. The van der Waals surface area contributed by atoms with Crippen LogP contribution in [0.5, 0.6) is 5.75 Å². The van der Waals surface area contributed by atoms with Gasteiger partial charge in [0.05, 0.1) is 7.11 Å². The summed E-state index contributed by atoms with van der Waals surface area (Å²) in [6.45, 7) is 2.01. The highest BCUT2D eigenvalue weighted by molar-refractivity contribution is 7.98. The number of benzene rings is 1.